The van der Waals surface area contributed by atoms with E-state index in [0.717, 1.165) is 5.46 Å². The molecule has 1 aliphatic heterocycles. The summed E-state index contributed by atoms with van der Waals surface area (Å²) in [4.78, 5) is 0. The van der Waals surface area contributed by atoms with Crippen molar-refractivity contribution in [2.45, 2.75) is 6.61 Å². The van der Waals surface area contributed by atoms with E-state index in [-0.39, 0.29) is 7.05 Å². The fraction of sp³-hybridized carbons (Fsp3) is 0.0769. The van der Waals surface area contributed by atoms with Gasteiger partial charge in [0, 0.05) is 5.69 Å². The predicted octanol–water partition coefficient (Wildman–Crippen LogP) is 2.02. The van der Waals surface area contributed by atoms with Crippen molar-refractivity contribution in [3.05, 3.63) is 60.2 Å². The molecule has 1 heterocycles. The van der Waals surface area contributed by atoms with Crippen molar-refractivity contribution in [1.82, 2.24) is 0 Å². The number of rotatable bonds is 1. The van der Waals surface area contributed by atoms with E-state index in [1.165, 1.54) is 11.3 Å². The third-order valence-electron chi connectivity index (χ3n) is 2.81. The number of hydrogen-bond acceptors (Lipinski definition) is 2. The van der Waals surface area contributed by atoms with Crippen LogP contribution >= 0.6 is 0 Å². The normalized spacial score (nSPS) is 14.1. The van der Waals surface area contributed by atoms with E-state index in [9.17, 15) is 0 Å². The fourth-order valence-electron chi connectivity index (χ4n) is 1.95. The number of fused-ring (bicyclic) bond motifs is 1. The number of anilines is 1. The summed E-state index contributed by atoms with van der Waals surface area (Å²) in [6.07, 6.45) is 0. The molecule has 0 bridgehead atoms. The Morgan fingerprint density at radius 2 is 1.69 bits per heavy atom. The zero-order valence-corrected chi connectivity index (χ0v) is 8.89. The molecule has 0 aliphatic carbocycles. The second-order valence-corrected chi connectivity index (χ2v) is 3.90. The molecule has 0 saturated heterocycles. The molecule has 0 fully saturated rings. The zero-order valence-electron chi connectivity index (χ0n) is 8.89. The van der Waals surface area contributed by atoms with E-state index >= 15 is 0 Å². The van der Waals surface area contributed by atoms with Crippen LogP contribution < -0.4 is 10.7 Å². The van der Waals surface area contributed by atoms with Crippen molar-refractivity contribution in [3.8, 4) is 0 Å². The Kier molecular flexibility index (Phi) is 2.39. The van der Waals surface area contributed by atoms with Gasteiger partial charge in [-0.2, -0.15) is 0 Å². The van der Waals surface area contributed by atoms with Crippen LogP contribution in [-0.2, 0) is 11.3 Å². The highest BCUT2D eigenvalue weighted by Crippen LogP contribution is 2.20. The summed E-state index contributed by atoms with van der Waals surface area (Å²) in [5.74, 6) is 0. The van der Waals surface area contributed by atoms with Crippen LogP contribution in [0.1, 0.15) is 5.56 Å². The van der Waals surface area contributed by atoms with Crippen LogP contribution in [0.25, 0.3) is 0 Å². The highest BCUT2D eigenvalue weighted by molar-refractivity contribution is 6.70. The van der Waals surface area contributed by atoms with Gasteiger partial charge in [-0.15, -0.1) is 0 Å². The summed E-state index contributed by atoms with van der Waals surface area (Å²) < 4.78 is 5.78. The summed E-state index contributed by atoms with van der Waals surface area (Å²) >= 11 is 0. The Hall–Kier alpha value is -1.74. The Morgan fingerprint density at radius 3 is 2.56 bits per heavy atom. The third kappa shape index (κ3) is 1.70. The minimum atomic E-state index is -0.0314. The van der Waals surface area contributed by atoms with E-state index in [1.54, 1.807) is 0 Å². The van der Waals surface area contributed by atoms with E-state index in [0.29, 0.717) is 6.61 Å². The average Bonchev–Trinajstić information content (AvgIpc) is 2.39. The molecule has 2 nitrogen and oxygen atoms in total. The highest BCUT2D eigenvalue weighted by atomic mass is 16.4. The molecule has 3 heteroatoms. The number of nitrogens with one attached hydrogen (secondary N) is 1. The first kappa shape index (κ1) is 9.49. The molecule has 1 aliphatic rings. The third-order valence-corrected chi connectivity index (χ3v) is 2.81. The molecule has 0 saturated carbocycles. The van der Waals surface area contributed by atoms with Crippen molar-refractivity contribution in [1.29, 1.82) is 0 Å². The van der Waals surface area contributed by atoms with Gasteiger partial charge in [-0.3, -0.25) is 0 Å². The first-order chi connectivity index (χ1) is 7.93. The molecule has 2 aromatic carbocycles. The lowest BCUT2D eigenvalue weighted by atomic mass is 9.72. The fourth-order valence-corrected chi connectivity index (χ4v) is 1.95. The molecule has 0 aromatic heterocycles. The van der Waals surface area contributed by atoms with Gasteiger partial charge in [0.25, 0.3) is 0 Å². The smallest absolute Gasteiger partial charge is 0.409 e. The maximum absolute atomic E-state index is 5.78. The van der Waals surface area contributed by atoms with Crippen LogP contribution in [0.3, 0.4) is 0 Å². The molecule has 0 spiro atoms. The largest absolute Gasteiger partial charge is 0.449 e. The first-order valence-electron chi connectivity index (χ1n) is 5.44. The topological polar surface area (TPSA) is 21.3 Å². The Bertz CT molecular complexity index is 486. The Labute approximate surface area is 95.4 Å². The maximum atomic E-state index is 5.78. The van der Waals surface area contributed by atoms with Crippen LogP contribution in [0, 0.1) is 0 Å². The second-order valence-electron chi connectivity index (χ2n) is 3.90. The first-order valence-corrected chi connectivity index (χ1v) is 5.44. The van der Waals surface area contributed by atoms with Crippen LogP contribution in [0.5, 0.6) is 0 Å². The second kappa shape index (κ2) is 4.03. The van der Waals surface area contributed by atoms with Gasteiger partial charge < -0.3 is 9.88 Å². The molecule has 0 amide bonds. The molecule has 3 rings (SSSR count). The van der Waals surface area contributed by atoms with Gasteiger partial charge >= 0.3 is 7.05 Å². The zero-order chi connectivity index (χ0) is 10.8. The minimum absolute atomic E-state index is 0.0314. The van der Waals surface area contributed by atoms with E-state index in [4.69, 9.17) is 4.65 Å². The molecule has 0 atom stereocenters. The van der Waals surface area contributed by atoms with Gasteiger partial charge in [-0.1, -0.05) is 48.5 Å². The Balaban J connectivity index is 1.89. The minimum Gasteiger partial charge on any atom is -0.409 e. The van der Waals surface area contributed by atoms with Crippen LogP contribution in [0.4, 0.5) is 5.69 Å². The molecule has 16 heavy (non-hydrogen) atoms. The Morgan fingerprint density at radius 1 is 0.938 bits per heavy atom. The van der Waals surface area contributed by atoms with Crippen molar-refractivity contribution < 1.29 is 4.65 Å². The molecule has 2 aromatic rings. The van der Waals surface area contributed by atoms with Crippen LogP contribution in [0.2, 0.25) is 0 Å². The maximum Gasteiger partial charge on any atom is 0.449 e. The van der Waals surface area contributed by atoms with E-state index in [2.05, 4.69) is 29.5 Å². The van der Waals surface area contributed by atoms with Gasteiger partial charge in [-0.25, -0.2) is 0 Å². The lowest BCUT2D eigenvalue weighted by molar-refractivity contribution is 0.313. The van der Waals surface area contributed by atoms with Gasteiger partial charge in [-0.05, 0) is 17.1 Å². The van der Waals surface area contributed by atoms with Crippen molar-refractivity contribution in [3.63, 3.8) is 0 Å². The van der Waals surface area contributed by atoms with Gasteiger partial charge in [0.05, 0.1) is 6.61 Å². The van der Waals surface area contributed by atoms with Crippen molar-refractivity contribution >= 4 is 18.2 Å². The molecule has 78 valence electrons. The molecule has 1 N–H and O–H groups in total. The van der Waals surface area contributed by atoms with Gasteiger partial charge in [0.15, 0.2) is 0 Å². The van der Waals surface area contributed by atoms with Crippen molar-refractivity contribution in [2.24, 2.45) is 0 Å². The number of hydrogen-bond donors (Lipinski definition) is 1. The molecule has 0 radical (unpaired) electrons. The van der Waals surface area contributed by atoms with E-state index < -0.39 is 0 Å². The van der Waals surface area contributed by atoms with Crippen LogP contribution in [0.15, 0.2) is 54.6 Å². The molecule has 0 unspecified atom stereocenters. The summed E-state index contributed by atoms with van der Waals surface area (Å²) in [6.45, 7) is 0.669. The van der Waals surface area contributed by atoms with E-state index in [1.807, 2.05) is 30.3 Å². The van der Waals surface area contributed by atoms with Gasteiger partial charge in [0.1, 0.15) is 0 Å². The average molecular weight is 209 g/mol. The highest BCUT2D eigenvalue weighted by Gasteiger charge is 2.24. The molecular formula is C13H12BNO. The number of benzene rings is 2. The summed E-state index contributed by atoms with van der Waals surface area (Å²) in [7, 11) is -0.0314. The number of para-hydroxylation sites is 1. The SMILES string of the molecule is c1ccc(B2Nc3ccccc3CO2)cc1. The lowest BCUT2D eigenvalue weighted by Crippen LogP contribution is -2.43. The lowest BCUT2D eigenvalue weighted by Gasteiger charge is -2.24. The summed E-state index contributed by atoms with van der Waals surface area (Å²) in [5, 5.41) is 3.39. The molecular weight excluding hydrogens is 197 g/mol. The predicted molar refractivity (Wildman–Crippen MR) is 66.7 cm³/mol. The standard InChI is InChI=1S/C13H12BNO/c1-2-7-12(8-3-1)14-15-13-9-5-4-6-11(13)10-16-14/h1-9,15H,10H2. The van der Waals surface area contributed by atoms with Crippen molar-refractivity contribution in [2.75, 3.05) is 5.23 Å². The summed E-state index contributed by atoms with van der Waals surface area (Å²) in [5.41, 5.74) is 3.55. The van der Waals surface area contributed by atoms with Gasteiger partial charge in [0.2, 0.25) is 0 Å². The van der Waals surface area contributed by atoms with Crippen LogP contribution in [-0.4, -0.2) is 7.05 Å². The summed E-state index contributed by atoms with van der Waals surface area (Å²) in [6, 6.07) is 18.5. The quantitative estimate of drug-likeness (QED) is 0.725. The monoisotopic (exact) mass is 209 g/mol.